The van der Waals surface area contributed by atoms with Gasteiger partial charge in [0.05, 0.1) is 12.1 Å². The number of aromatic nitrogens is 2. The van der Waals surface area contributed by atoms with Crippen LogP contribution in [0.15, 0.2) is 24.5 Å². The third-order valence-electron chi connectivity index (χ3n) is 3.57. The van der Waals surface area contributed by atoms with E-state index in [0.29, 0.717) is 18.3 Å². The van der Waals surface area contributed by atoms with Crippen LogP contribution in [0.4, 0.5) is 11.5 Å². The molecule has 0 aliphatic heterocycles. The van der Waals surface area contributed by atoms with E-state index >= 15 is 0 Å². The van der Waals surface area contributed by atoms with Crippen LogP contribution in [0.5, 0.6) is 0 Å². The lowest BCUT2D eigenvalue weighted by Crippen LogP contribution is -2.36. The maximum atomic E-state index is 5.82. The van der Waals surface area contributed by atoms with Crippen molar-refractivity contribution < 1.29 is 4.74 Å². The van der Waals surface area contributed by atoms with E-state index in [2.05, 4.69) is 28.7 Å². The van der Waals surface area contributed by atoms with Gasteiger partial charge >= 0.3 is 0 Å². The minimum absolute atomic E-state index is 0.390. The second kappa shape index (κ2) is 6.52. The lowest BCUT2D eigenvalue weighted by molar-refractivity contribution is 0.203. The fourth-order valence-corrected chi connectivity index (χ4v) is 2.23. The molecule has 0 aliphatic carbocycles. The normalized spacial score (nSPS) is 12.6. The van der Waals surface area contributed by atoms with Gasteiger partial charge in [-0.1, -0.05) is 6.92 Å². The highest BCUT2D eigenvalue weighted by atomic mass is 16.5. The first-order chi connectivity index (χ1) is 9.67. The van der Waals surface area contributed by atoms with E-state index in [1.54, 1.807) is 13.4 Å². The van der Waals surface area contributed by atoms with Crippen molar-refractivity contribution in [2.45, 2.75) is 26.3 Å². The monoisotopic (exact) mass is 274 g/mol. The largest absolute Gasteiger partial charge is 0.399 e. The van der Waals surface area contributed by atoms with Crippen LogP contribution in [0.1, 0.15) is 20.3 Å². The fraction of sp³-hybridized carbons (Fsp3) is 0.467. The number of rotatable bonds is 6. The Kier molecular flexibility index (Phi) is 4.74. The van der Waals surface area contributed by atoms with Crippen molar-refractivity contribution in [2.75, 3.05) is 30.9 Å². The SMILES string of the molecule is CCC(C)N(CCOC)c1ncnc2cc(N)ccc12. The van der Waals surface area contributed by atoms with Crippen LogP contribution in [0.25, 0.3) is 10.9 Å². The standard InChI is InChI=1S/C15H22N4O/c1-4-11(2)19(7-8-20-3)15-13-6-5-12(16)9-14(13)17-10-18-15/h5-6,9-11H,4,7-8,16H2,1-3H3. The molecule has 1 aromatic carbocycles. The number of anilines is 2. The smallest absolute Gasteiger partial charge is 0.140 e. The Morgan fingerprint density at radius 1 is 1.35 bits per heavy atom. The van der Waals surface area contributed by atoms with Crippen molar-refractivity contribution in [3.05, 3.63) is 24.5 Å². The van der Waals surface area contributed by atoms with Crippen LogP contribution in [-0.4, -0.2) is 36.3 Å². The molecule has 1 unspecified atom stereocenters. The topological polar surface area (TPSA) is 64.3 Å². The summed E-state index contributed by atoms with van der Waals surface area (Å²) < 4.78 is 5.21. The predicted octanol–water partition coefficient (Wildman–Crippen LogP) is 2.46. The van der Waals surface area contributed by atoms with Crippen LogP contribution in [0.3, 0.4) is 0 Å². The van der Waals surface area contributed by atoms with Gasteiger partial charge in [-0.05, 0) is 31.5 Å². The molecular formula is C15H22N4O. The summed E-state index contributed by atoms with van der Waals surface area (Å²) in [5.41, 5.74) is 7.41. The number of nitrogen functional groups attached to an aromatic ring is 1. The summed E-state index contributed by atoms with van der Waals surface area (Å²) in [5, 5.41) is 1.03. The molecule has 0 bridgehead atoms. The summed E-state index contributed by atoms with van der Waals surface area (Å²) >= 11 is 0. The van der Waals surface area contributed by atoms with Crippen molar-refractivity contribution in [2.24, 2.45) is 0 Å². The lowest BCUT2D eigenvalue weighted by Gasteiger charge is -2.30. The minimum atomic E-state index is 0.390. The molecule has 1 heterocycles. The maximum absolute atomic E-state index is 5.82. The van der Waals surface area contributed by atoms with Gasteiger partial charge < -0.3 is 15.4 Å². The Morgan fingerprint density at radius 2 is 2.15 bits per heavy atom. The van der Waals surface area contributed by atoms with Crippen molar-refractivity contribution in [3.63, 3.8) is 0 Å². The van der Waals surface area contributed by atoms with E-state index in [-0.39, 0.29) is 0 Å². The Bertz CT molecular complexity index is 573. The molecule has 0 radical (unpaired) electrons. The van der Waals surface area contributed by atoms with Gasteiger partial charge in [-0.3, -0.25) is 0 Å². The Morgan fingerprint density at radius 3 is 2.85 bits per heavy atom. The number of hydrogen-bond acceptors (Lipinski definition) is 5. The Hall–Kier alpha value is -1.88. The first-order valence-corrected chi connectivity index (χ1v) is 6.93. The molecule has 20 heavy (non-hydrogen) atoms. The molecule has 0 saturated heterocycles. The van der Waals surface area contributed by atoms with E-state index < -0.39 is 0 Å². The van der Waals surface area contributed by atoms with Gasteiger partial charge in [-0.15, -0.1) is 0 Å². The zero-order chi connectivity index (χ0) is 14.5. The zero-order valence-electron chi connectivity index (χ0n) is 12.3. The average molecular weight is 274 g/mol. The summed E-state index contributed by atoms with van der Waals surface area (Å²) in [4.78, 5) is 11.0. The number of nitrogens with two attached hydrogens (primary N) is 1. The molecular weight excluding hydrogens is 252 g/mol. The second-order valence-electron chi connectivity index (χ2n) is 4.92. The summed E-state index contributed by atoms with van der Waals surface area (Å²) in [6, 6.07) is 6.15. The lowest BCUT2D eigenvalue weighted by atomic mass is 10.1. The summed E-state index contributed by atoms with van der Waals surface area (Å²) in [6.07, 6.45) is 2.64. The van der Waals surface area contributed by atoms with Gasteiger partial charge in [-0.2, -0.15) is 0 Å². The van der Waals surface area contributed by atoms with Crippen LogP contribution in [0.2, 0.25) is 0 Å². The number of ether oxygens (including phenoxy) is 1. The van der Waals surface area contributed by atoms with E-state index in [1.807, 2.05) is 18.2 Å². The highest BCUT2D eigenvalue weighted by Crippen LogP contribution is 2.26. The van der Waals surface area contributed by atoms with Gasteiger partial charge in [0.1, 0.15) is 12.1 Å². The summed E-state index contributed by atoms with van der Waals surface area (Å²) in [6.45, 7) is 5.85. The van der Waals surface area contributed by atoms with E-state index in [0.717, 1.165) is 29.7 Å². The van der Waals surface area contributed by atoms with E-state index in [1.165, 1.54) is 0 Å². The third-order valence-corrected chi connectivity index (χ3v) is 3.57. The number of hydrogen-bond donors (Lipinski definition) is 1. The number of benzene rings is 1. The highest BCUT2D eigenvalue weighted by Gasteiger charge is 2.17. The molecule has 2 N–H and O–H groups in total. The molecule has 1 atom stereocenters. The maximum Gasteiger partial charge on any atom is 0.140 e. The Labute approximate surface area is 119 Å². The minimum Gasteiger partial charge on any atom is -0.399 e. The van der Waals surface area contributed by atoms with Crippen LogP contribution in [-0.2, 0) is 4.74 Å². The fourth-order valence-electron chi connectivity index (χ4n) is 2.23. The van der Waals surface area contributed by atoms with Gasteiger partial charge in [-0.25, -0.2) is 9.97 Å². The summed E-state index contributed by atoms with van der Waals surface area (Å²) in [5.74, 6) is 0.946. The van der Waals surface area contributed by atoms with Gasteiger partial charge in [0.15, 0.2) is 0 Å². The van der Waals surface area contributed by atoms with Crippen LogP contribution in [0, 0.1) is 0 Å². The average Bonchev–Trinajstić information content (AvgIpc) is 2.47. The van der Waals surface area contributed by atoms with Crippen molar-refractivity contribution >= 4 is 22.4 Å². The van der Waals surface area contributed by atoms with E-state index in [9.17, 15) is 0 Å². The first-order valence-electron chi connectivity index (χ1n) is 6.93. The van der Waals surface area contributed by atoms with Crippen LogP contribution < -0.4 is 10.6 Å². The van der Waals surface area contributed by atoms with Crippen molar-refractivity contribution in [1.82, 2.24) is 9.97 Å². The molecule has 0 amide bonds. The molecule has 0 spiro atoms. The third kappa shape index (κ3) is 2.99. The molecule has 5 nitrogen and oxygen atoms in total. The van der Waals surface area contributed by atoms with Crippen LogP contribution >= 0.6 is 0 Å². The molecule has 0 aliphatic rings. The van der Waals surface area contributed by atoms with Gasteiger partial charge in [0.25, 0.3) is 0 Å². The van der Waals surface area contributed by atoms with Gasteiger partial charge in [0, 0.05) is 30.8 Å². The number of methoxy groups -OCH3 is 1. The first kappa shape index (κ1) is 14.5. The Balaban J connectivity index is 2.46. The number of fused-ring (bicyclic) bond motifs is 1. The van der Waals surface area contributed by atoms with E-state index in [4.69, 9.17) is 10.5 Å². The van der Waals surface area contributed by atoms with Crippen molar-refractivity contribution in [3.8, 4) is 0 Å². The number of nitrogens with zero attached hydrogens (tertiary/aromatic N) is 3. The molecule has 5 heteroatoms. The highest BCUT2D eigenvalue weighted by molar-refractivity contribution is 5.91. The summed E-state index contributed by atoms with van der Waals surface area (Å²) in [7, 11) is 1.72. The molecule has 0 fully saturated rings. The molecule has 1 aromatic heterocycles. The molecule has 2 aromatic rings. The molecule has 108 valence electrons. The molecule has 0 saturated carbocycles. The predicted molar refractivity (Wildman–Crippen MR) is 82.9 cm³/mol. The van der Waals surface area contributed by atoms with Gasteiger partial charge in [0.2, 0.25) is 0 Å². The van der Waals surface area contributed by atoms with Crippen molar-refractivity contribution in [1.29, 1.82) is 0 Å². The quantitative estimate of drug-likeness (QED) is 0.820. The second-order valence-corrected chi connectivity index (χ2v) is 4.92. The zero-order valence-corrected chi connectivity index (χ0v) is 12.3. The molecule has 2 rings (SSSR count).